The molecule has 2 N–H and O–H groups in total. The molecule has 118 valence electrons. The maximum absolute atomic E-state index is 10.4. The van der Waals surface area contributed by atoms with Gasteiger partial charge in [-0.25, -0.2) is 0 Å². The van der Waals surface area contributed by atoms with Gasteiger partial charge in [-0.3, -0.25) is 4.98 Å². The zero-order valence-electron chi connectivity index (χ0n) is 13.4. The molecule has 1 aromatic heterocycles. The number of pyridine rings is 1. The summed E-state index contributed by atoms with van der Waals surface area (Å²) >= 11 is 0. The number of benzene rings is 1. The molecule has 0 radical (unpaired) electrons. The van der Waals surface area contributed by atoms with Crippen LogP contribution in [0.25, 0.3) is 0 Å². The van der Waals surface area contributed by atoms with E-state index in [4.69, 9.17) is 4.74 Å². The molecule has 2 aromatic rings. The molecule has 0 aliphatic rings. The van der Waals surface area contributed by atoms with E-state index in [9.17, 15) is 5.11 Å². The topological polar surface area (TPSA) is 54.4 Å². The highest BCUT2D eigenvalue weighted by molar-refractivity contribution is 5.32. The minimum atomic E-state index is -0.631. The van der Waals surface area contributed by atoms with E-state index < -0.39 is 6.10 Å². The Bertz CT molecular complexity index is 579. The fourth-order valence-electron chi connectivity index (χ4n) is 2.03. The molecule has 4 nitrogen and oxygen atoms in total. The van der Waals surface area contributed by atoms with Gasteiger partial charge < -0.3 is 15.2 Å². The molecule has 2 rings (SSSR count). The zero-order valence-corrected chi connectivity index (χ0v) is 13.4. The van der Waals surface area contributed by atoms with Crippen LogP contribution in [-0.2, 0) is 6.61 Å². The Morgan fingerprint density at radius 3 is 2.59 bits per heavy atom. The minimum Gasteiger partial charge on any atom is -0.487 e. The van der Waals surface area contributed by atoms with Gasteiger partial charge in [-0.15, -0.1) is 0 Å². The van der Waals surface area contributed by atoms with Gasteiger partial charge in [0.05, 0.1) is 12.3 Å². The van der Waals surface area contributed by atoms with E-state index in [2.05, 4.69) is 31.1 Å². The third-order valence-corrected chi connectivity index (χ3v) is 3.24. The van der Waals surface area contributed by atoms with Crippen LogP contribution in [0, 0.1) is 0 Å². The Hall–Kier alpha value is -1.91. The molecule has 0 bridgehead atoms. The lowest BCUT2D eigenvalue weighted by Gasteiger charge is -2.23. The molecular weight excluding hydrogens is 276 g/mol. The second-order valence-electron chi connectivity index (χ2n) is 6.33. The van der Waals surface area contributed by atoms with Crippen molar-refractivity contribution in [2.24, 2.45) is 0 Å². The Morgan fingerprint density at radius 1 is 1.18 bits per heavy atom. The number of rotatable bonds is 6. The van der Waals surface area contributed by atoms with Crippen LogP contribution in [0.1, 0.15) is 38.0 Å². The Morgan fingerprint density at radius 2 is 1.91 bits per heavy atom. The number of aliphatic hydroxyl groups excluding tert-OH is 1. The lowest BCUT2D eigenvalue weighted by atomic mass is 10.1. The van der Waals surface area contributed by atoms with Gasteiger partial charge in [0.25, 0.3) is 0 Å². The highest BCUT2D eigenvalue weighted by atomic mass is 16.5. The van der Waals surface area contributed by atoms with Crippen molar-refractivity contribution in [1.82, 2.24) is 10.3 Å². The van der Waals surface area contributed by atoms with Gasteiger partial charge >= 0.3 is 0 Å². The molecule has 4 heteroatoms. The molecule has 0 spiro atoms. The number of ether oxygens (including phenoxy) is 1. The third-order valence-electron chi connectivity index (χ3n) is 3.24. The monoisotopic (exact) mass is 300 g/mol. The molecule has 0 fully saturated rings. The first-order valence-corrected chi connectivity index (χ1v) is 7.49. The van der Waals surface area contributed by atoms with Crippen molar-refractivity contribution in [1.29, 1.82) is 0 Å². The van der Waals surface area contributed by atoms with Crippen molar-refractivity contribution in [2.45, 2.75) is 39.0 Å². The van der Waals surface area contributed by atoms with E-state index >= 15 is 0 Å². The average molecular weight is 300 g/mol. The van der Waals surface area contributed by atoms with Gasteiger partial charge in [-0.2, -0.15) is 0 Å². The number of hydrogen-bond acceptors (Lipinski definition) is 4. The summed E-state index contributed by atoms with van der Waals surface area (Å²) in [6, 6.07) is 11.7. The number of nitrogens with zero attached hydrogens (tertiary/aromatic N) is 1. The van der Waals surface area contributed by atoms with Gasteiger partial charge in [0.2, 0.25) is 0 Å². The fraction of sp³-hybridized carbons (Fsp3) is 0.389. The first-order chi connectivity index (χ1) is 10.5. The molecular formula is C18H24N2O2. The van der Waals surface area contributed by atoms with E-state index in [-0.39, 0.29) is 5.54 Å². The standard InChI is InChI=1S/C18H24N2O2/c1-18(2,3)20-11-16(21)15-9-10-19-12-17(15)22-13-14-7-5-4-6-8-14/h4-10,12,16,20-21H,11,13H2,1-3H3. The number of nitrogens with one attached hydrogen (secondary N) is 1. The lowest BCUT2D eigenvalue weighted by Crippen LogP contribution is -2.38. The Balaban J connectivity index is 2.03. The zero-order chi connectivity index (χ0) is 16.0. The first kappa shape index (κ1) is 16.5. The molecule has 22 heavy (non-hydrogen) atoms. The number of aromatic nitrogens is 1. The van der Waals surface area contributed by atoms with Gasteiger partial charge in [0.1, 0.15) is 12.4 Å². The van der Waals surface area contributed by atoms with Crippen molar-refractivity contribution >= 4 is 0 Å². The third kappa shape index (κ3) is 5.13. The highest BCUT2D eigenvalue weighted by Gasteiger charge is 2.17. The lowest BCUT2D eigenvalue weighted by molar-refractivity contribution is 0.157. The summed E-state index contributed by atoms with van der Waals surface area (Å²) in [5, 5.41) is 13.7. The van der Waals surface area contributed by atoms with Gasteiger partial charge in [0.15, 0.2) is 0 Å². The van der Waals surface area contributed by atoms with E-state index in [1.165, 1.54) is 0 Å². The molecule has 0 aliphatic carbocycles. The number of β-amino-alcohol motifs (C(OH)–C–C–N with tert-alkyl or cyclic N) is 1. The SMILES string of the molecule is CC(C)(C)NCC(O)c1ccncc1OCc1ccccc1. The van der Waals surface area contributed by atoms with Crippen molar-refractivity contribution in [3.63, 3.8) is 0 Å². The highest BCUT2D eigenvalue weighted by Crippen LogP contribution is 2.25. The first-order valence-electron chi connectivity index (χ1n) is 7.49. The van der Waals surface area contributed by atoms with Crippen LogP contribution in [0.15, 0.2) is 48.8 Å². The van der Waals surface area contributed by atoms with E-state index in [0.29, 0.717) is 18.9 Å². The summed E-state index contributed by atoms with van der Waals surface area (Å²) < 4.78 is 5.83. The molecule has 0 saturated carbocycles. The van der Waals surface area contributed by atoms with Crippen LogP contribution in [0.2, 0.25) is 0 Å². The molecule has 1 heterocycles. The minimum absolute atomic E-state index is 0.0426. The fourth-order valence-corrected chi connectivity index (χ4v) is 2.03. The maximum atomic E-state index is 10.4. The van der Waals surface area contributed by atoms with Gasteiger partial charge in [0, 0.05) is 23.8 Å². The summed E-state index contributed by atoms with van der Waals surface area (Å²) in [5.74, 6) is 0.620. The van der Waals surface area contributed by atoms with Crippen LogP contribution in [-0.4, -0.2) is 22.2 Å². The van der Waals surface area contributed by atoms with Crippen molar-refractivity contribution in [3.05, 3.63) is 59.9 Å². The van der Waals surface area contributed by atoms with Gasteiger partial charge in [-0.1, -0.05) is 30.3 Å². The predicted octanol–water partition coefficient (Wildman–Crippen LogP) is 3.08. The Kier molecular flexibility index (Phi) is 5.52. The smallest absolute Gasteiger partial charge is 0.143 e. The average Bonchev–Trinajstić information content (AvgIpc) is 2.51. The summed E-state index contributed by atoms with van der Waals surface area (Å²) in [7, 11) is 0. The normalized spacial score (nSPS) is 12.9. The second kappa shape index (κ2) is 7.38. The summed E-state index contributed by atoms with van der Waals surface area (Å²) in [6.07, 6.45) is 2.69. The van der Waals surface area contributed by atoms with E-state index in [1.54, 1.807) is 18.5 Å². The van der Waals surface area contributed by atoms with Crippen molar-refractivity contribution in [2.75, 3.05) is 6.54 Å². The van der Waals surface area contributed by atoms with E-state index in [0.717, 1.165) is 11.1 Å². The molecule has 0 amide bonds. The maximum Gasteiger partial charge on any atom is 0.143 e. The largest absolute Gasteiger partial charge is 0.487 e. The summed E-state index contributed by atoms with van der Waals surface area (Å²) in [6.45, 7) is 7.13. The van der Waals surface area contributed by atoms with Crippen LogP contribution in [0.4, 0.5) is 0 Å². The predicted molar refractivity (Wildman–Crippen MR) is 87.7 cm³/mol. The Labute approximate surface area is 132 Å². The number of hydrogen-bond donors (Lipinski definition) is 2. The van der Waals surface area contributed by atoms with Crippen LogP contribution < -0.4 is 10.1 Å². The molecule has 1 atom stereocenters. The molecule has 0 saturated heterocycles. The van der Waals surface area contributed by atoms with Crippen LogP contribution in [0.3, 0.4) is 0 Å². The summed E-state index contributed by atoms with van der Waals surface area (Å²) in [5.41, 5.74) is 1.79. The summed E-state index contributed by atoms with van der Waals surface area (Å²) in [4.78, 5) is 4.09. The van der Waals surface area contributed by atoms with Crippen LogP contribution >= 0.6 is 0 Å². The second-order valence-corrected chi connectivity index (χ2v) is 6.33. The van der Waals surface area contributed by atoms with Crippen LogP contribution in [0.5, 0.6) is 5.75 Å². The number of aliphatic hydroxyl groups is 1. The quantitative estimate of drug-likeness (QED) is 0.861. The molecule has 0 aliphatic heterocycles. The molecule has 1 unspecified atom stereocenters. The van der Waals surface area contributed by atoms with E-state index in [1.807, 2.05) is 30.3 Å². The van der Waals surface area contributed by atoms with Crippen molar-refractivity contribution in [3.8, 4) is 5.75 Å². The molecule has 1 aromatic carbocycles. The van der Waals surface area contributed by atoms with Crippen molar-refractivity contribution < 1.29 is 9.84 Å². The van der Waals surface area contributed by atoms with Gasteiger partial charge in [-0.05, 0) is 32.4 Å².